The molecule has 0 atom stereocenters. The highest BCUT2D eigenvalue weighted by molar-refractivity contribution is 5.89. The van der Waals surface area contributed by atoms with Gasteiger partial charge >= 0.3 is 11.8 Å². The Morgan fingerprint density at radius 1 is 1.00 bits per heavy atom. The van der Waals surface area contributed by atoms with Gasteiger partial charge in [0.15, 0.2) is 5.82 Å². The lowest BCUT2D eigenvalue weighted by atomic mass is 10.1. The van der Waals surface area contributed by atoms with Gasteiger partial charge in [0.25, 0.3) is 5.56 Å². The monoisotopic (exact) mass is 490 g/mol. The van der Waals surface area contributed by atoms with E-state index in [1.165, 1.54) is 22.9 Å². The van der Waals surface area contributed by atoms with Crippen molar-refractivity contribution in [1.82, 2.24) is 24.8 Å². The highest BCUT2D eigenvalue weighted by atomic mass is 19.1. The summed E-state index contributed by atoms with van der Waals surface area (Å²) in [5.74, 6) is 0.0906. The molecule has 2 aromatic heterocycles. The second kappa shape index (κ2) is 9.98. The fourth-order valence-electron chi connectivity index (χ4n) is 3.97. The summed E-state index contributed by atoms with van der Waals surface area (Å²) in [5, 5.41) is 8.17. The Labute approximate surface area is 205 Å². The fraction of sp³-hybridized carbons (Fsp3) is 0.240. The van der Waals surface area contributed by atoms with Crippen LogP contribution in [0.15, 0.2) is 70.0 Å². The van der Waals surface area contributed by atoms with Gasteiger partial charge in [0, 0.05) is 43.5 Å². The molecule has 0 spiro atoms. The Hall–Kier alpha value is -4.54. The van der Waals surface area contributed by atoms with Crippen LogP contribution in [0.4, 0.5) is 10.1 Å². The number of anilines is 1. The maximum Gasteiger partial charge on any atom is 0.316 e. The summed E-state index contributed by atoms with van der Waals surface area (Å²) in [4.78, 5) is 33.2. The van der Waals surface area contributed by atoms with Crippen molar-refractivity contribution in [2.24, 2.45) is 0 Å². The van der Waals surface area contributed by atoms with Crippen LogP contribution in [0.25, 0.3) is 11.3 Å². The Bertz CT molecular complexity index is 1410. The minimum atomic E-state index is -0.367. The molecule has 184 valence electrons. The van der Waals surface area contributed by atoms with Crippen molar-refractivity contribution in [3.05, 3.63) is 88.5 Å². The Kier molecular flexibility index (Phi) is 6.44. The molecule has 0 unspecified atom stereocenters. The van der Waals surface area contributed by atoms with E-state index < -0.39 is 0 Å². The van der Waals surface area contributed by atoms with Crippen LogP contribution in [0.1, 0.15) is 16.5 Å². The zero-order chi connectivity index (χ0) is 25.1. The van der Waals surface area contributed by atoms with Crippen molar-refractivity contribution < 1.29 is 18.4 Å². The number of nitrogens with zero attached hydrogens (tertiary/aromatic N) is 6. The number of ether oxygens (including phenoxy) is 1. The van der Waals surface area contributed by atoms with Gasteiger partial charge in [-0.3, -0.25) is 9.59 Å². The Balaban J connectivity index is 1.23. The van der Waals surface area contributed by atoms with Crippen LogP contribution in [0, 0.1) is 5.82 Å². The molecule has 0 saturated carbocycles. The largest absolute Gasteiger partial charge is 0.497 e. The van der Waals surface area contributed by atoms with E-state index in [1.54, 1.807) is 30.2 Å². The summed E-state index contributed by atoms with van der Waals surface area (Å²) in [6.07, 6.45) is 0. The van der Waals surface area contributed by atoms with E-state index in [2.05, 4.69) is 20.1 Å². The van der Waals surface area contributed by atoms with Gasteiger partial charge in [-0.25, -0.2) is 9.07 Å². The third-order valence-corrected chi connectivity index (χ3v) is 5.95. The molecule has 11 heteroatoms. The third kappa shape index (κ3) is 4.95. The number of hydrogen-bond donors (Lipinski definition) is 0. The van der Waals surface area contributed by atoms with Crippen LogP contribution in [-0.2, 0) is 6.54 Å². The van der Waals surface area contributed by atoms with Crippen LogP contribution in [0.2, 0.25) is 0 Å². The number of amides is 1. The molecule has 0 N–H and O–H groups in total. The smallest absolute Gasteiger partial charge is 0.316 e. The summed E-state index contributed by atoms with van der Waals surface area (Å²) in [6, 6.07) is 16.5. The van der Waals surface area contributed by atoms with E-state index in [0.717, 1.165) is 11.4 Å². The molecule has 2 aromatic carbocycles. The number of methoxy groups -OCH3 is 1. The van der Waals surface area contributed by atoms with Crippen molar-refractivity contribution in [2.45, 2.75) is 6.54 Å². The van der Waals surface area contributed by atoms with Crippen molar-refractivity contribution >= 4 is 11.6 Å². The molecule has 1 fully saturated rings. The lowest BCUT2D eigenvalue weighted by Crippen LogP contribution is -2.48. The van der Waals surface area contributed by atoms with Crippen molar-refractivity contribution in [3.63, 3.8) is 0 Å². The van der Waals surface area contributed by atoms with Gasteiger partial charge in [-0.2, -0.15) is 10.1 Å². The molecule has 36 heavy (non-hydrogen) atoms. The van der Waals surface area contributed by atoms with Crippen LogP contribution in [-0.4, -0.2) is 64.0 Å². The number of carbonyl (C=O) groups excluding carboxylic acids is 1. The first kappa shape index (κ1) is 23.2. The minimum absolute atomic E-state index is 0.0735. The molecule has 10 nitrogen and oxygen atoms in total. The van der Waals surface area contributed by atoms with Gasteiger partial charge in [-0.1, -0.05) is 5.16 Å². The summed E-state index contributed by atoms with van der Waals surface area (Å²) < 4.78 is 24.8. The molecular weight excluding hydrogens is 467 g/mol. The predicted octanol–water partition coefficient (Wildman–Crippen LogP) is 2.45. The summed E-state index contributed by atoms with van der Waals surface area (Å²) >= 11 is 0. The average molecular weight is 490 g/mol. The summed E-state index contributed by atoms with van der Waals surface area (Å²) in [7, 11) is 1.63. The Morgan fingerprint density at radius 2 is 1.72 bits per heavy atom. The number of benzene rings is 2. The lowest BCUT2D eigenvalue weighted by Gasteiger charge is -2.35. The number of aromatic nitrogens is 4. The highest BCUT2D eigenvalue weighted by Gasteiger charge is 2.26. The molecule has 4 aromatic rings. The van der Waals surface area contributed by atoms with Crippen molar-refractivity contribution in [1.29, 1.82) is 0 Å². The minimum Gasteiger partial charge on any atom is -0.497 e. The molecular formula is C25H23FN6O4. The van der Waals surface area contributed by atoms with E-state index in [-0.39, 0.29) is 35.5 Å². The number of piperazine rings is 1. The Morgan fingerprint density at radius 3 is 2.42 bits per heavy atom. The molecule has 1 amide bonds. The van der Waals surface area contributed by atoms with Gasteiger partial charge in [-0.15, -0.1) is 0 Å². The van der Waals surface area contributed by atoms with Crippen LogP contribution >= 0.6 is 0 Å². The van der Waals surface area contributed by atoms with E-state index in [0.29, 0.717) is 37.4 Å². The fourth-order valence-corrected chi connectivity index (χ4v) is 3.97. The second-order valence-corrected chi connectivity index (χ2v) is 8.21. The van der Waals surface area contributed by atoms with E-state index in [9.17, 15) is 14.0 Å². The summed E-state index contributed by atoms with van der Waals surface area (Å²) in [6.45, 7) is 2.26. The SMILES string of the molecule is COc1ccc(N2CCN(C(=O)c3nc(Cn4nc(-c5ccc(F)cc5)ccc4=O)no3)CC2)cc1. The van der Waals surface area contributed by atoms with Crippen molar-refractivity contribution in [3.8, 4) is 17.0 Å². The average Bonchev–Trinajstić information content (AvgIpc) is 3.39. The molecule has 3 heterocycles. The van der Waals surface area contributed by atoms with Gasteiger partial charge in [0.2, 0.25) is 0 Å². The zero-order valence-electron chi connectivity index (χ0n) is 19.5. The van der Waals surface area contributed by atoms with Crippen LogP contribution < -0.4 is 15.2 Å². The first-order chi connectivity index (χ1) is 17.5. The molecule has 5 rings (SSSR count). The maximum atomic E-state index is 13.2. The highest BCUT2D eigenvalue weighted by Crippen LogP contribution is 2.21. The second-order valence-electron chi connectivity index (χ2n) is 8.21. The quantitative estimate of drug-likeness (QED) is 0.406. The zero-order valence-corrected chi connectivity index (χ0v) is 19.5. The first-order valence-corrected chi connectivity index (χ1v) is 11.3. The molecule has 0 radical (unpaired) electrons. The molecule has 1 aliphatic heterocycles. The molecule has 0 aliphatic carbocycles. The van der Waals surface area contributed by atoms with E-state index in [1.807, 2.05) is 24.3 Å². The standard InChI is InChI=1S/C25H23FN6O4/c1-35-20-8-6-19(7-9-20)30-12-14-31(15-13-30)25(34)24-27-22(29-36-24)16-32-23(33)11-10-21(28-32)17-2-4-18(26)5-3-17/h2-11H,12-16H2,1H3. The number of hydrogen-bond acceptors (Lipinski definition) is 8. The lowest BCUT2D eigenvalue weighted by molar-refractivity contribution is 0.0696. The van der Waals surface area contributed by atoms with E-state index in [4.69, 9.17) is 9.26 Å². The first-order valence-electron chi connectivity index (χ1n) is 11.3. The normalized spacial score (nSPS) is 13.6. The number of halogens is 1. The van der Waals surface area contributed by atoms with Gasteiger partial charge in [0.05, 0.1) is 12.8 Å². The van der Waals surface area contributed by atoms with Gasteiger partial charge in [0.1, 0.15) is 18.1 Å². The van der Waals surface area contributed by atoms with Gasteiger partial charge < -0.3 is 19.1 Å². The third-order valence-electron chi connectivity index (χ3n) is 5.95. The topological polar surface area (TPSA) is 107 Å². The molecule has 1 saturated heterocycles. The summed E-state index contributed by atoms with van der Waals surface area (Å²) in [5.41, 5.74) is 1.84. The van der Waals surface area contributed by atoms with Crippen LogP contribution in [0.5, 0.6) is 5.75 Å². The molecule has 1 aliphatic rings. The number of carbonyl (C=O) groups is 1. The van der Waals surface area contributed by atoms with E-state index >= 15 is 0 Å². The van der Waals surface area contributed by atoms with Crippen LogP contribution in [0.3, 0.4) is 0 Å². The van der Waals surface area contributed by atoms with Gasteiger partial charge in [-0.05, 0) is 54.6 Å². The maximum absolute atomic E-state index is 13.2. The molecule has 0 bridgehead atoms. The van der Waals surface area contributed by atoms with Crippen molar-refractivity contribution in [2.75, 3.05) is 38.2 Å². The number of rotatable bonds is 6. The predicted molar refractivity (Wildman–Crippen MR) is 128 cm³/mol.